The predicted octanol–water partition coefficient (Wildman–Crippen LogP) is 3.59. The van der Waals surface area contributed by atoms with E-state index in [4.69, 9.17) is 20.9 Å². The number of carbonyl (C=O) groups is 2. The summed E-state index contributed by atoms with van der Waals surface area (Å²) in [6.45, 7) is 0.833. The summed E-state index contributed by atoms with van der Waals surface area (Å²) in [5.74, 6) is -2.87. The van der Waals surface area contributed by atoms with Crippen molar-refractivity contribution in [3.8, 4) is 0 Å². The van der Waals surface area contributed by atoms with Gasteiger partial charge < -0.3 is 31.6 Å². The Kier molecular flexibility index (Phi) is 9.75. The summed E-state index contributed by atoms with van der Waals surface area (Å²) in [5, 5.41) is 5.93. The van der Waals surface area contributed by atoms with Gasteiger partial charge in [-0.25, -0.2) is 18.0 Å². The number of hydrogen-bond acceptors (Lipinski definition) is 6. The maximum absolute atomic E-state index is 14.9. The SMILES string of the molecule is NC(=O)OC[C@@H]1CO[C@H](CCc2c(F)cccc2NC(=O)[C@@H](N)C(c2ccc(F)cc2)c2cccc(F)c2)CN1. The van der Waals surface area contributed by atoms with Crippen LogP contribution in [0.25, 0.3) is 0 Å². The number of carbonyl (C=O) groups excluding carboxylic acids is 2. The number of ether oxygens (including phenoxy) is 2. The summed E-state index contributed by atoms with van der Waals surface area (Å²) < 4.78 is 53.1. The van der Waals surface area contributed by atoms with Crippen LogP contribution in [0.2, 0.25) is 0 Å². The number of primary amides is 1. The summed E-state index contributed by atoms with van der Waals surface area (Å²) in [5.41, 5.74) is 12.9. The highest BCUT2D eigenvalue weighted by molar-refractivity contribution is 5.96. The molecule has 6 N–H and O–H groups in total. The van der Waals surface area contributed by atoms with Crippen LogP contribution in [-0.4, -0.2) is 49.9 Å². The summed E-state index contributed by atoms with van der Waals surface area (Å²) in [6.07, 6.45) is -0.380. The Hall–Kier alpha value is -3.93. The third kappa shape index (κ3) is 7.59. The van der Waals surface area contributed by atoms with Crippen LogP contribution < -0.4 is 22.1 Å². The summed E-state index contributed by atoms with van der Waals surface area (Å²) >= 11 is 0. The molecule has 1 aliphatic heterocycles. The standard InChI is InChI=1S/C29H31F3N4O4/c30-19-9-7-17(8-10-19)26(18-3-1-4-20(31)13-18)27(33)28(37)36-25-6-2-5-24(32)23(25)12-11-22-14-35-21(15-39-22)16-40-29(34)38/h1-10,13,21-22,26-27,35H,11-12,14-16,33H2,(H2,34,38)(H,36,37)/t21-,22+,26?,27-/m0/s1. The van der Waals surface area contributed by atoms with Gasteiger partial charge >= 0.3 is 6.09 Å². The number of morpholine rings is 1. The van der Waals surface area contributed by atoms with Gasteiger partial charge in [-0.15, -0.1) is 0 Å². The fourth-order valence-corrected chi connectivity index (χ4v) is 4.72. The highest BCUT2D eigenvalue weighted by Gasteiger charge is 2.29. The minimum Gasteiger partial charge on any atom is -0.448 e. The lowest BCUT2D eigenvalue weighted by Crippen LogP contribution is -2.49. The molecule has 4 atom stereocenters. The smallest absolute Gasteiger partial charge is 0.404 e. The molecule has 1 aliphatic rings. The first-order chi connectivity index (χ1) is 19.2. The Balaban J connectivity index is 1.46. The topological polar surface area (TPSA) is 129 Å². The molecule has 0 radical (unpaired) electrons. The maximum Gasteiger partial charge on any atom is 0.404 e. The molecule has 0 aromatic heterocycles. The first-order valence-corrected chi connectivity index (χ1v) is 12.8. The molecule has 1 unspecified atom stereocenters. The minimum atomic E-state index is -1.20. The van der Waals surface area contributed by atoms with Crippen LogP contribution in [0.4, 0.5) is 23.7 Å². The van der Waals surface area contributed by atoms with E-state index in [1.165, 1.54) is 54.6 Å². The Bertz CT molecular complexity index is 1320. The first-order valence-electron chi connectivity index (χ1n) is 12.8. The molecule has 8 nitrogen and oxygen atoms in total. The molecule has 1 heterocycles. The van der Waals surface area contributed by atoms with Crippen molar-refractivity contribution in [3.63, 3.8) is 0 Å². The molecule has 212 valence electrons. The van der Waals surface area contributed by atoms with Crippen molar-refractivity contribution in [2.24, 2.45) is 11.5 Å². The van der Waals surface area contributed by atoms with Crippen molar-refractivity contribution < 1.29 is 32.2 Å². The van der Waals surface area contributed by atoms with Crippen LogP contribution in [0.1, 0.15) is 29.0 Å². The number of hydrogen-bond donors (Lipinski definition) is 4. The van der Waals surface area contributed by atoms with Crippen molar-refractivity contribution in [2.45, 2.75) is 36.9 Å². The summed E-state index contributed by atoms with van der Waals surface area (Å²) in [4.78, 5) is 24.1. The molecular formula is C29H31F3N4O4. The van der Waals surface area contributed by atoms with E-state index in [2.05, 4.69) is 10.6 Å². The van der Waals surface area contributed by atoms with Crippen LogP contribution in [0.3, 0.4) is 0 Å². The lowest BCUT2D eigenvalue weighted by atomic mass is 9.85. The molecule has 0 bridgehead atoms. The van der Waals surface area contributed by atoms with Gasteiger partial charge in [-0.05, 0) is 60.4 Å². The zero-order chi connectivity index (χ0) is 28.6. The third-order valence-electron chi connectivity index (χ3n) is 6.79. The third-order valence-corrected chi connectivity index (χ3v) is 6.79. The number of benzene rings is 3. The van der Waals surface area contributed by atoms with Crippen LogP contribution in [0.5, 0.6) is 0 Å². The van der Waals surface area contributed by atoms with Crippen LogP contribution in [-0.2, 0) is 20.7 Å². The lowest BCUT2D eigenvalue weighted by molar-refractivity contribution is -0.117. The minimum absolute atomic E-state index is 0.0837. The number of anilines is 1. The van der Waals surface area contributed by atoms with Crippen molar-refractivity contribution in [2.75, 3.05) is 25.1 Å². The largest absolute Gasteiger partial charge is 0.448 e. The fourth-order valence-electron chi connectivity index (χ4n) is 4.72. The average molecular weight is 557 g/mol. The molecule has 3 aromatic carbocycles. The summed E-state index contributed by atoms with van der Waals surface area (Å²) in [7, 11) is 0. The normalized spacial score (nSPS) is 18.5. The number of nitrogens with two attached hydrogens (primary N) is 2. The fraction of sp³-hybridized carbons (Fsp3) is 0.310. The number of nitrogens with one attached hydrogen (secondary N) is 2. The molecular weight excluding hydrogens is 525 g/mol. The molecule has 0 saturated carbocycles. The van der Waals surface area contributed by atoms with E-state index in [0.29, 0.717) is 30.7 Å². The van der Waals surface area contributed by atoms with Gasteiger partial charge in [0.1, 0.15) is 24.1 Å². The second-order valence-corrected chi connectivity index (χ2v) is 9.59. The highest BCUT2D eigenvalue weighted by Crippen LogP contribution is 2.30. The Labute approximate surface area is 229 Å². The molecule has 3 aromatic rings. The van der Waals surface area contributed by atoms with E-state index >= 15 is 0 Å². The second kappa shape index (κ2) is 13.4. The van der Waals surface area contributed by atoms with Gasteiger partial charge in [0, 0.05) is 23.7 Å². The zero-order valence-corrected chi connectivity index (χ0v) is 21.6. The molecule has 11 heteroatoms. The zero-order valence-electron chi connectivity index (χ0n) is 21.6. The number of amides is 2. The van der Waals surface area contributed by atoms with Crippen molar-refractivity contribution in [1.29, 1.82) is 0 Å². The van der Waals surface area contributed by atoms with Gasteiger partial charge in [0.15, 0.2) is 0 Å². The summed E-state index contributed by atoms with van der Waals surface area (Å²) in [6, 6.07) is 14.1. The predicted molar refractivity (Wildman–Crippen MR) is 143 cm³/mol. The average Bonchev–Trinajstić information content (AvgIpc) is 2.93. The van der Waals surface area contributed by atoms with Crippen LogP contribution in [0, 0.1) is 17.5 Å². The van der Waals surface area contributed by atoms with Crippen LogP contribution in [0.15, 0.2) is 66.7 Å². The molecule has 0 aliphatic carbocycles. The lowest BCUT2D eigenvalue weighted by Gasteiger charge is -2.30. The molecule has 0 spiro atoms. The van der Waals surface area contributed by atoms with Gasteiger partial charge in [-0.1, -0.05) is 30.3 Å². The molecule has 1 saturated heterocycles. The first kappa shape index (κ1) is 29.1. The van der Waals surface area contributed by atoms with Gasteiger partial charge in [-0.2, -0.15) is 0 Å². The number of rotatable bonds is 10. The second-order valence-electron chi connectivity index (χ2n) is 9.59. The van der Waals surface area contributed by atoms with E-state index in [-0.39, 0.29) is 36.4 Å². The van der Waals surface area contributed by atoms with Crippen molar-refractivity contribution in [1.82, 2.24) is 5.32 Å². The van der Waals surface area contributed by atoms with E-state index < -0.39 is 41.4 Å². The maximum atomic E-state index is 14.9. The Morgan fingerprint density at radius 1 is 1.02 bits per heavy atom. The van der Waals surface area contributed by atoms with Crippen LogP contribution >= 0.6 is 0 Å². The highest BCUT2D eigenvalue weighted by atomic mass is 19.1. The van der Waals surface area contributed by atoms with E-state index in [1.807, 2.05) is 0 Å². The monoisotopic (exact) mass is 556 g/mol. The molecule has 40 heavy (non-hydrogen) atoms. The van der Waals surface area contributed by atoms with Gasteiger partial charge in [0.2, 0.25) is 5.91 Å². The molecule has 1 fully saturated rings. The van der Waals surface area contributed by atoms with Crippen molar-refractivity contribution in [3.05, 3.63) is 101 Å². The van der Waals surface area contributed by atoms with Crippen molar-refractivity contribution >= 4 is 17.7 Å². The van der Waals surface area contributed by atoms with Gasteiger partial charge in [-0.3, -0.25) is 4.79 Å². The van der Waals surface area contributed by atoms with Gasteiger partial charge in [0.05, 0.1) is 24.8 Å². The van der Waals surface area contributed by atoms with Gasteiger partial charge in [0.25, 0.3) is 0 Å². The quantitative estimate of drug-likeness (QED) is 0.302. The van der Waals surface area contributed by atoms with E-state index in [9.17, 15) is 22.8 Å². The van der Waals surface area contributed by atoms with E-state index in [1.54, 1.807) is 12.1 Å². The number of halogens is 3. The molecule has 4 rings (SSSR count). The Morgan fingerprint density at radius 2 is 1.77 bits per heavy atom. The van der Waals surface area contributed by atoms with E-state index in [0.717, 1.165) is 0 Å². The molecule has 2 amide bonds. The Morgan fingerprint density at radius 3 is 2.45 bits per heavy atom.